The number of rotatable bonds is 6. The third-order valence-corrected chi connectivity index (χ3v) is 8.38. The van der Waals surface area contributed by atoms with Crippen LogP contribution in [0.15, 0.2) is 58.3 Å². The van der Waals surface area contributed by atoms with Gasteiger partial charge in [0.25, 0.3) is 0 Å². The van der Waals surface area contributed by atoms with Crippen molar-refractivity contribution >= 4 is 45.0 Å². The van der Waals surface area contributed by atoms with E-state index in [0.717, 1.165) is 29.8 Å². The standard InChI is InChI=1S/C22H25N3O4S2/c26-21(11-14-25-19-9-2-3-10-20(19)30-16-22(25)27)23-17-7-6-8-18(15-17)31(28,29)24-12-4-1-5-13-24/h2-3,6-10,15H,1,4-5,11-14,16H2,(H,23,26). The van der Waals surface area contributed by atoms with Crippen LogP contribution in [0.4, 0.5) is 11.4 Å². The average molecular weight is 460 g/mol. The lowest BCUT2D eigenvalue weighted by Crippen LogP contribution is -2.37. The normalized spacial score (nSPS) is 17.3. The fourth-order valence-corrected chi connectivity index (χ4v) is 6.32. The molecule has 2 amide bonds. The second kappa shape index (κ2) is 9.42. The smallest absolute Gasteiger partial charge is 0.243 e. The van der Waals surface area contributed by atoms with Crippen LogP contribution in [0, 0.1) is 0 Å². The molecular formula is C22H25N3O4S2. The molecule has 2 aromatic carbocycles. The fraction of sp³-hybridized carbons (Fsp3) is 0.364. The predicted octanol–water partition coefficient (Wildman–Crippen LogP) is 3.33. The Balaban J connectivity index is 1.41. The molecule has 0 bridgehead atoms. The van der Waals surface area contributed by atoms with Crippen molar-refractivity contribution in [2.24, 2.45) is 0 Å². The number of anilines is 2. The summed E-state index contributed by atoms with van der Waals surface area (Å²) in [5, 5.41) is 2.77. The highest BCUT2D eigenvalue weighted by Gasteiger charge is 2.27. The zero-order chi connectivity index (χ0) is 21.8. The van der Waals surface area contributed by atoms with Gasteiger partial charge in [0.05, 0.1) is 16.3 Å². The summed E-state index contributed by atoms with van der Waals surface area (Å²) in [7, 11) is -3.56. The van der Waals surface area contributed by atoms with Crippen molar-refractivity contribution in [1.82, 2.24) is 4.31 Å². The number of amides is 2. The highest BCUT2D eigenvalue weighted by atomic mass is 32.2. The molecule has 0 unspecified atom stereocenters. The van der Waals surface area contributed by atoms with E-state index < -0.39 is 10.0 Å². The third kappa shape index (κ3) is 4.94. The van der Waals surface area contributed by atoms with Crippen LogP contribution < -0.4 is 10.2 Å². The van der Waals surface area contributed by atoms with Gasteiger partial charge >= 0.3 is 0 Å². The fourth-order valence-electron chi connectivity index (χ4n) is 3.82. The van der Waals surface area contributed by atoms with E-state index in [1.807, 2.05) is 24.3 Å². The Kier molecular flexibility index (Phi) is 6.64. The lowest BCUT2D eigenvalue weighted by molar-refractivity contribution is -0.117. The minimum Gasteiger partial charge on any atom is -0.326 e. The summed E-state index contributed by atoms with van der Waals surface area (Å²) in [6.45, 7) is 1.33. The Morgan fingerprint density at radius 1 is 1.03 bits per heavy atom. The van der Waals surface area contributed by atoms with E-state index in [9.17, 15) is 18.0 Å². The zero-order valence-electron chi connectivity index (χ0n) is 17.1. The van der Waals surface area contributed by atoms with Crippen LogP contribution >= 0.6 is 11.8 Å². The van der Waals surface area contributed by atoms with Gasteiger partial charge in [0.15, 0.2) is 0 Å². The van der Waals surface area contributed by atoms with Gasteiger partial charge in [-0.25, -0.2) is 8.42 Å². The summed E-state index contributed by atoms with van der Waals surface area (Å²) in [6.07, 6.45) is 2.90. The van der Waals surface area contributed by atoms with Crippen molar-refractivity contribution < 1.29 is 18.0 Å². The Morgan fingerprint density at radius 3 is 2.61 bits per heavy atom. The van der Waals surface area contributed by atoms with Gasteiger partial charge < -0.3 is 10.2 Å². The molecule has 9 heteroatoms. The minimum atomic E-state index is -3.56. The number of benzene rings is 2. The summed E-state index contributed by atoms with van der Waals surface area (Å²) >= 11 is 1.50. The van der Waals surface area contributed by atoms with Crippen molar-refractivity contribution in [1.29, 1.82) is 0 Å². The molecule has 0 aliphatic carbocycles. The van der Waals surface area contributed by atoms with Crippen LogP contribution in [0.3, 0.4) is 0 Å². The summed E-state index contributed by atoms with van der Waals surface area (Å²) in [4.78, 5) is 27.7. The largest absolute Gasteiger partial charge is 0.326 e. The van der Waals surface area contributed by atoms with Gasteiger partial charge in [-0.15, -0.1) is 11.8 Å². The molecular weight excluding hydrogens is 434 g/mol. The Morgan fingerprint density at radius 2 is 1.81 bits per heavy atom. The summed E-state index contributed by atoms with van der Waals surface area (Å²) < 4.78 is 27.3. The number of carbonyl (C=O) groups excluding carboxylic acids is 2. The van der Waals surface area contributed by atoms with Crippen LogP contribution in [0.25, 0.3) is 0 Å². The lowest BCUT2D eigenvalue weighted by Gasteiger charge is -2.28. The number of sulfonamides is 1. The highest BCUT2D eigenvalue weighted by molar-refractivity contribution is 8.00. The molecule has 1 N–H and O–H groups in total. The van der Waals surface area contributed by atoms with Crippen LogP contribution in [0.2, 0.25) is 0 Å². The highest BCUT2D eigenvalue weighted by Crippen LogP contribution is 2.35. The van der Waals surface area contributed by atoms with E-state index in [0.29, 0.717) is 24.5 Å². The van der Waals surface area contributed by atoms with Crippen molar-refractivity contribution in [3.63, 3.8) is 0 Å². The molecule has 1 saturated heterocycles. The van der Waals surface area contributed by atoms with Gasteiger partial charge in [0, 0.05) is 36.6 Å². The van der Waals surface area contributed by atoms with E-state index in [2.05, 4.69) is 5.32 Å². The van der Waals surface area contributed by atoms with Gasteiger partial charge in [0.2, 0.25) is 21.8 Å². The predicted molar refractivity (Wildman–Crippen MR) is 122 cm³/mol. The Bertz CT molecular complexity index is 1080. The van der Waals surface area contributed by atoms with E-state index in [-0.39, 0.29) is 29.7 Å². The van der Waals surface area contributed by atoms with Gasteiger partial charge in [0.1, 0.15) is 0 Å². The molecule has 164 valence electrons. The van der Waals surface area contributed by atoms with E-state index >= 15 is 0 Å². The summed E-state index contributed by atoms with van der Waals surface area (Å²) in [5.41, 5.74) is 1.26. The molecule has 0 spiro atoms. The average Bonchev–Trinajstić information content (AvgIpc) is 2.79. The lowest BCUT2D eigenvalue weighted by atomic mass is 10.2. The van der Waals surface area contributed by atoms with Crippen molar-refractivity contribution in [2.45, 2.75) is 35.5 Å². The van der Waals surface area contributed by atoms with Gasteiger partial charge in [-0.1, -0.05) is 24.6 Å². The van der Waals surface area contributed by atoms with Crippen molar-refractivity contribution in [3.8, 4) is 0 Å². The number of fused-ring (bicyclic) bond motifs is 1. The number of para-hydroxylation sites is 1. The van der Waals surface area contributed by atoms with Crippen molar-refractivity contribution in [3.05, 3.63) is 48.5 Å². The number of hydrogen-bond donors (Lipinski definition) is 1. The topological polar surface area (TPSA) is 86.8 Å². The van der Waals surface area contributed by atoms with E-state index in [1.165, 1.54) is 22.1 Å². The molecule has 0 saturated carbocycles. The molecule has 2 heterocycles. The zero-order valence-corrected chi connectivity index (χ0v) is 18.8. The molecule has 1 fully saturated rings. The second-order valence-electron chi connectivity index (χ2n) is 7.59. The van der Waals surface area contributed by atoms with Crippen LogP contribution in [0.1, 0.15) is 25.7 Å². The van der Waals surface area contributed by atoms with Gasteiger partial charge in [-0.3, -0.25) is 9.59 Å². The summed E-state index contributed by atoms with van der Waals surface area (Å²) in [5.74, 6) is 0.0665. The first-order chi connectivity index (χ1) is 14.9. The first kappa shape index (κ1) is 21.9. The van der Waals surface area contributed by atoms with Crippen LogP contribution in [0.5, 0.6) is 0 Å². The number of thioether (sulfide) groups is 1. The number of piperidine rings is 1. The third-order valence-electron chi connectivity index (χ3n) is 5.44. The maximum absolute atomic E-state index is 12.9. The molecule has 7 nitrogen and oxygen atoms in total. The first-order valence-corrected chi connectivity index (χ1v) is 12.8. The molecule has 31 heavy (non-hydrogen) atoms. The van der Waals surface area contributed by atoms with Crippen LogP contribution in [-0.4, -0.2) is 49.9 Å². The second-order valence-corrected chi connectivity index (χ2v) is 10.5. The van der Waals surface area contributed by atoms with E-state index in [1.54, 1.807) is 23.1 Å². The van der Waals surface area contributed by atoms with Crippen LogP contribution in [-0.2, 0) is 19.6 Å². The van der Waals surface area contributed by atoms with Gasteiger partial charge in [-0.2, -0.15) is 4.31 Å². The Labute approximate surface area is 186 Å². The molecule has 0 aromatic heterocycles. The quantitative estimate of drug-likeness (QED) is 0.716. The first-order valence-electron chi connectivity index (χ1n) is 10.4. The maximum atomic E-state index is 12.9. The minimum absolute atomic E-state index is 0.0221. The molecule has 0 radical (unpaired) electrons. The molecule has 2 aromatic rings. The number of hydrogen-bond acceptors (Lipinski definition) is 5. The maximum Gasteiger partial charge on any atom is 0.243 e. The van der Waals surface area contributed by atoms with E-state index in [4.69, 9.17) is 0 Å². The molecule has 4 rings (SSSR count). The van der Waals surface area contributed by atoms with Gasteiger partial charge in [-0.05, 0) is 43.2 Å². The number of nitrogens with zero attached hydrogens (tertiary/aromatic N) is 2. The van der Waals surface area contributed by atoms with Crippen molar-refractivity contribution in [2.75, 3.05) is 35.6 Å². The Hall–Kier alpha value is -2.36. The molecule has 2 aliphatic heterocycles. The number of nitrogens with one attached hydrogen (secondary N) is 1. The molecule has 0 atom stereocenters. The SMILES string of the molecule is O=C(CCN1C(=O)CSc2ccccc21)Nc1cccc(S(=O)(=O)N2CCCCC2)c1. The number of carbonyl (C=O) groups is 2. The molecule has 2 aliphatic rings. The summed E-state index contributed by atoms with van der Waals surface area (Å²) in [6, 6.07) is 14.0. The monoisotopic (exact) mass is 459 g/mol.